The number of carbonyl (C=O) groups excluding carboxylic acids is 1. The fraction of sp³-hybridized carbons (Fsp3) is 0.500. The van der Waals surface area contributed by atoms with Crippen LogP contribution in [0.25, 0.3) is 0 Å². The van der Waals surface area contributed by atoms with Crippen molar-refractivity contribution in [1.29, 1.82) is 0 Å². The highest BCUT2D eigenvalue weighted by Gasteiger charge is 2.65. The molecule has 0 radical (unpaired) electrons. The topological polar surface area (TPSA) is 26.3 Å². The van der Waals surface area contributed by atoms with Crippen LogP contribution in [0.15, 0.2) is 30.3 Å². The molecule has 1 aliphatic heterocycles. The highest BCUT2D eigenvalue weighted by molar-refractivity contribution is 14.1. The molecule has 2 aliphatic carbocycles. The number of hydrogen-bond acceptors (Lipinski definition) is 2. The lowest BCUT2D eigenvalue weighted by atomic mass is 9.76. The quantitative estimate of drug-likeness (QED) is 0.446. The maximum Gasteiger partial charge on any atom is 0.310 e. The summed E-state index contributed by atoms with van der Waals surface area (Å²) in [4.78, 5) is 12.0. The summed E-state index contributed by atoms with van der Waals surface area (Å²) in [6.07, 6.45) is 1.38. The second-order valence-electron chi connectivity index (χ2n) is 5.37. The van der Waals surface area contributed by atoms with E-state index >= 15 is 0 Å². The van der Waals surface area contributed by atoms with E-state index in [1.54, 1.807) is 0 Å². The molecule has 0 unspecified atom stereocenters. The summed E-state index contributed by atoms with van der Waals surface area (Å²) in [6, 6.07) is 10.5. The Morgan fingerprint density at radius 2 is 1.88 bits per heavy atom. The second kappa shape index (κ2) is 3.46. The minimum atomic E-state index is 0.0514. The molecule has 17 heavy (non-hydrogen) atoms. The smallest absolute Gasteiger partial charge is 0.310 e. The molecule has 1 aromatic rings. The molecule has 0 N–H and O–H groups in total. The van der Waals surface area contributed by atoms with Crippen LogP contribution < -0.4 is 0 Å². The van der Waals surface area contributed by atoms with Gasteiger partial charge in [0, 0.05) is 11.8 Å². The van der Waals surface area contributed by atoms with Gasteiger partial charge in [-0.2, -0.15) is 0 Å². The van der Waals surface area contributed by atoms with Gasteiger partial charge < -0.3 is 4.74 Å². The highest BCUT2D eigenvalue weighted by atomic mass is 127. The lowest BCUT2D eigenvalue weighted by molar-refractivity contribution is -0.143. The van der Waals surface area contributed by atoms with E-state index in [-0.39, 0.29) is 18.0 Å². The Labute approximate surface area is 114 Å². The number of alkyl halides is 1. The predicted octanol–water partition coefficient (Wildman–Crippen LogP) is 2.77. The fourth-order valence-corrected chi connectivity index (χ4v) is 5.52. The lowest BCUT2D eigenvalue weighted by Crippen LogP contribution is -2.32. The first-order chi connectivity index (χ1) is 8.27. The van der Waals surface area contributed by atoms with Crippen molar-refractivity contribution in [2.75, 3.05) is 0 Å². The molecule has 3 heteroatoms. The molecule has 1 aromatic carbocycles. The zero-order valence-electron chi connectivity index (χ0n) is 9.25. The lowest BCUT2D eigenvalue weighted by Gasteiger charge is -2.28. The summed E-state index contributed by atoms with van der Waals surface area (Å²) in [5.74, 6) is 1.70. The van der Waals surface area contributed by atoms with E-state index in [2.05, 4.69) is 46.9 Å². The van der Waals surface area contributed by atoms with Gasteiger partial charge in [0.15, 0.2) is 0 Å². The van der Waals surface area contributed by atoms with Crippen molar-refractivity contribution in [3.63, 3.8) is 0 Å². The summed E-state index contributed by atoms with van der Waals surface area (Å²) >= 11 is 2.49. The number of hydrogen-bond donors (Lipinski definition) is 0. The van der Waals surface area contributed by atoms with Gasteiger partial charge in [0.05, 0.1) is 9.84 Å². The Hall–Kier alpha value is -0.580. The summed E-state index contributed by atoms with van der Waals surface area (Å²) in [7, 11) is 0. The van der Waals surface area contributed by atoms with Crippen LogP contribution in [-0.2, 0) is 9.53 Å². The largest absolute Gasteiger partial charge is 0.461 e. The summed E-state index contributed by atoms with van der Waals surface area (Å²) in [5.41, 5.74) is 1.32. The Kier molecular flexibility index (Phi) is 2.11. The van der Waals surface area contributed by atoms with Crippen molar-refractivity contribution < 1.29 is 9.53 Å². The molecule has 1 heterocycles. The van der Waals surface area contributed by atoms with Gasteiger partial charge in [-0.15, -0.1) is 0 Å². The molecule has 88 valence electrons. The Bertz CT molecular complexity index is 472. The van der Waals surface area contributed by atoms with E-state index in [1.807, 2.05) is 6.07 Å². The van der Waals surface area contributed by atoms with E-state index in [0.717, 1.165) is 0 Å². The number of ether oxygens (including phenoxy) is 1. The van der Waals surface area contributed by atoms with Crippen LogP contribution in [0.5, 0.6) is 0 Å². The van der Waals surface area contributed by atoms with E-state index in [9.17, 15) is 4.79 Å². The average Bonchev–Trinajstić information content (AvgIpc) is 2.94. The second-order valence-corrected chi connectivity index (χ2v) is 6.81. The summed E-state index contributed by atoms with van der Waals surface area (Å²) < 4.78 is 6.06. The molecular weight excluding hydrogens is 327 g/mol. The van der Waals surface area contributed by atoms with Crippen molar-refractivity contribution in [2.24, 2.45) is 17.8 Å². The molecule has 3 fully saturated rings. The van der Waals surface area contributed by atoms with Crippen molar-refractivity contribution in [3.05, 3.63) is 35.9 Å². The minimum Gasteiger partial charge on any atom is -0.461 e. The number of benzene rings is 1. The Morgan fingerprint density at radius 3 is 2.65 bits per heavy atom. The maximum absolute atomic E-state index is 12.0. The molecule has 2 bridgehead atoms. The molecule has 4 rings (SSSR count). The van der Waals surface area contributed by atoms with E-state index < -0.39 is 0 Å². The van der Waals surface area contributed by atoms with Gasteiger partial charge >= 0.3 is 5.97 Å². The van der Waals surface area contributed by atoms with Crippen LogP contribution in [-0.4, -0.2) is 16.0 Å². The van der Waals surface area contributed by atoms with Gasteiger partial charge in [-0.3, -0.25) is 4.79 Å². The minimum absolute atomic E-state index is 0.0514. The third-order valence-corrected chi connectivity index (χ3v) is 6.34. The normalized spacial score (nSPS) is 46.3. The molecule has 1 saturated heterocycles. The standard InChI is InChI=1S/C14H13IO2/c15-12-8-6-9-11(14(16)17-13(9)12)10(8)7-4-2-1-3-5-7/h1-5,8-13H,6H2/t8-,9-,10-,11+,12+,13-/m0/s1. The van der Waals surface area contributed by atoms with E-state index in [1.165, 1.54) is 12.0 Å². The molecule has 0 amide bonds. The zero-order valence-corrected chi connectivity index (χ0v) is 11.4. The molecule has 3 aliphatic rings. The maximum atomic E-state index is 12.0. The molecule has 0 aromatic heterocycles. The first-order valence-electron chi connectivity index (χ1n) is 6.17. The summed E-state index contributed by atoms with van der Waals surface area (Å²) in [5, 5.41) is 0. The van der Waals surface area contributed by atoms with Crippen molar-refractivity contribution in [3.8, 4) is 0 Å². The number of carbonyl (C=O) groups is 1. The molecule has 6 atom stereocenters. The predicted molar refractivity (Wildman–Crippen MR) is 72.0 cm³/mol. The number of esters is 1. The average molecular weight is 340 g/mol. The van der Waals surface area contributed by atoms with Gasteiger partial charge in [-0.05, 0) is 17.9 Å². The van der Waals surface area contributed by atoms with Crippen LogP contribution in [0, 0.1) is 17.8 Å². The number of rotatable bonds is 1. The first-order valence-corrected chi connectivity index (χ1v) is 7.41. The van der Waals surface area contributed by atoms with Crippen molar-refractivity contribution in [1.82, 2.24) is 0 Å². The first kappa shape index (κ1) is 10.4. The molecule has 2 nitrogen and oxygen atoms in total. The van der Waals surface area contributed by atoms with Crippen molar-refractivity contribution in [2.45, 2.75) is 22.4 Å². The molecule has 2 saturated carbocycles. The molecular formula is C14H13IO2. The van der Waals surface area contributed by atoms with Crippen LogP contribution in [0.4, 0.5) is 0 Å². The van der Waals surface area contributed by atoms with Gasteiger partial charge in [0.1, 0.15) is 6.10 Å². The third kappa shape index (κ3) is 1.23. The number of halogens is 1. The molecule has 0 spiro atoms. The highest BCUT2D eigenvalue weighted by Crippen LogP contribution is 2.63. The Morgan fingerprint density at radius 1 is 1.12 bits per heavy atom. The van der Waals surface area contributed by atoms with Gasteiger partial charge in [-0.1, -0.05) is 52.9 Å². The van der Waals surface area contributed by atoms with Crippen LogP contribution in [0.3, 0.4) is 0 Å². The zero-order chi connectivity index (χ0) is 11.6. The summed E-state index contributed by atoms with van der Waals surface area (Å²) in [6.45, 7) is 0. The van der Waals surface area contributed by atoms with Gasteiger partial charge in [-0.25, -0.2) is 0 Å². The van der Waals surface area contributed by atoms with Crippen LogP contribution in [0.1, 0.15) is 17.9 Å². The number of fused-ring (bicyclic) bond motifs is 1. The van der Waals surface area contributed by atoms with Gasteiger partial charge in [0.2, 0.25) is 0 Å². The van der Waals surface area contributed by atoms with Crippen LogP contribution in [0.2, 0.25) is 0 Å². The van der Waals surface area contributed by atoms with Gasteiger partial charge in [0.25, 0.3) is 0 Å². The third-order valence-electron chi connectivity index (χ3n) is 4.71. The fourth-order valence-electron chi connectivity index (χ4n) is 4.10. The van der Waals surface area contributed by atoms with Crippen LogP contribution >= 0.6 is 22.6 Å². The van der Waals surface area contributed by atoms with E-state index in [0.29, 0.717) is 21.7 Å². The Balaban J connectivity index is 1.80. The SMILES string of the molecule is O=C1O[C@@H]2[C@H](I)[C@H]3C[C@H]2[C@@H]1[C@H]3c1ccccc1. The monoisotopic (exact) mass is 340 g/mol. The van der Waals surface area contributed by atoms with Crippen molar-refractivity contribution >= 4 is 28.6 Å². The van der Waals surface area contributed by atoms with E-state index in [4.69, 9.17) is 4.74 Å².